The highest BCUT2D eigenvalue weighted by Gasteiger charge is 2.51. The Morgan fingerprint density at radius 3 is 2.28 bits per heavy atom. The first-order valence-corrected chi connectivity index (χ1v) is 31.2. The van der Waals surface area contributed by atoms with E-state index in [1.807, 2.05) is 31.2 Å². The number of esters is 1. The average Bonchev–Trinajstić information content (AvgIpc) is 2.08. The molecule has 0 radical (unpaired) electrons. The smallest absolute Gasteiger partial charge is 0.457 e. The Morgan fingerprint density at radius 2 is 1.60 bits per heavy atom. The van der Waals surface area contributed by atoms with Crippen molar-refractivity contribution < 1.29 is 65.7 Å². The van der Waals surface area contributed by atoms with Crippen LogP contribution in [0.2, 0.25) is 0 Å². The summed E-state index contributed by atoms with van der Waals surface area (Å²) in [7, 11) is -3.50. The number of hydrogen-bond donors (Lipinski definition) is 3. The van der Waals surface area contributed by atoms with Crippen molar-refractivity contribution in [1.82, 2.24) is 29.7 Å². The number of aromatic nitrogens is 4. The van der Waals surface area contributed by atoms with E-state index in [9.17, 15) is 46.8 Å². The first kappa shape index (κ1) is 66.9. The van der Waals surface area contributed by atoms with Crippen LogP contribution in [0.25, 0.3) is 22.3 Å². The minimum Gasteiger partial charge on any atom is -0.457 e. The minimum atomic E-state index is -3.50. The van der Waals surface area contributed by atoms with Gasteiger partial charge >= 0.3 is 18.2 Å². The number of sulfone groups is 1. The van der Waals surface area contributed by atoms with Crippen LogP contribution < -0.4 is 21.9 Å². The number of Topliss-reactive ketones (excluding diaryl/α,β-unsaturated/α-hetero) is 3. The van der Waals surface area contributed by atoms with Crippen molar-refractivity contribution in [1.29, 1.82) is 0 Å². The molecule has 2 aliphatic rings. The molecule has 2 aromatic carbocycles. The Labute approximate surface area is 511 Å². The highest BCUT2D eigenvalue weighted by molar-refractivity contribution is 7.90. The zero-order valence-corrected chi connectivity index (χ0v) is 51.2. The number of hydrogen-bond acceptors (Lipinski definition) is 19. The van der Waals surface area contributed by atoms with Crippen LogP contribution in [0, 0.1) is 17.8 Å². The van der Waals surface area contributed by atoms with E-state index in [4.69, 9.17) is 34.4 Å². The molecule has 0 aliphatic carbocycles. The Morgan fingerprint density at radius 1 is 0.909 bits per heavy atom. The topological polar surface area (TPSA) is 314 Å². The van der Waals surface area contributed by atoms with E-state index < -0.39 is 57.8 Å². The third-order valence-electron chi connectivity index (χ3n) is 15.1. The number of fused-ring (bicyclic) bond motifs is 5. The van der Waals surface area contributed by atoms with Crippen LogP contribution in [-0.2, 0) is 89.3 Å². The maximum absolute atomic E-state index is 14.4. The van der Waals surface area contributed by atoms with Gasteiger partial charge in [-0.3, -0.25) is 24.0 Å². The van der Waals surface area contributed by atoms with Gasteiger partial charge in [0.05, 0.1) is 34.6 Å². The molecule has 2 aliphatic heterocycles. The Balaban J connectivity index is 0.855. The number of anilines is 1. The fourth-order valence-corrected chi connectivity index (χ4v) is 11.1. The van der Waals surface area contributed by atoms with Crippen LogP contribution in [0.5, 0.6) is 0 Å². The average molecular weight is 1230 g/mol. The largest absolute Gasteiger partial charge is 0.510 e. The van der Waals surface area contributed by atoms with Gasteiger partial charge in [0.2, 0.25) is 26.5 Å². The highest BCUT2D eigenvalue weighted by Crippen LogP contribution is 2.42. The molecule has 468 valence electrons. The second-order valence-corrected chi connectivity index (χ2v) is 24.0. The number of benzene rings is 2. The van der Waals surface area contributed by atoms with Crippen LogP contribution in [-0.4, -0.2) is 126 Å². The second-order valence-electron chi connectivity index (χ2n) is 22.0. The van der Waals surface area contributed by atoms with Crippen molar-refractivity contribution in [2.45, 2.75) is 141 Å². The molecule has 0 spiro atoms. The molecule has 7 rings (SSSR count). The third kappa shape index (κ3) is 18.0. The standard InChI is InChI=1S/C64H76N8O15S/c1-7-64(54-33-56-57-52(36-72(56)59(77)53(54)40-85-60(64)78)50(27-29-71(41(2)3)42(4)5)51-21-11-12-22-55(51)70-57)87-63(80)86-37-43-23-25-46(26-24-43)69-58(76)45(17-13-28-66-61(65)79)32-49(75)39-84-38-48(74)20-15-31-83-30-14-19-47(73)18-10-8-9-16-44-34-67-62(68-35-44)88(6,81)82/h11-12,21-26,33-35,42,45H,2,7-8,10,13-15,17-20,27-32,36-40H2,1,3-6H3,(H,69,76)(H3,65,66,79)/t45-,64+/m1/s1. The zero-order chi connectivity index (χ0) is 63.5. The van der Waals surface area contributed by atoms with Crippen LogP contribution in [0.15, 0.2) is 89.2 Å². The molecule has 0 saturated carbocycles. The number of rotatable bonds is 33. The molecule has 88 heavy (non-hydrogen) atoms. The van der Waals surface area contributed by atoms with Gasteiger partial charge in [0, 0.05) is 117 Å². The molecule has 0 saturated heterocycles. The molecule has 3 aromatic heterocycles. The van der Waals surface area contributed by atoms with Gasteiger partial charge < -0.3 is 49.5 Å². The van der Waals surface area contributed by atoms with E-state index in [0.717, 1.165) is 34.0 Å². The molecule has 5 aromatic rings. The van der Waals surface area contributed by atoms with E-state index in [1.54, 1.807) is 41.8 Å². The molecule has 0 unspecified atom stereocenters. The maximum Gasteiger partial charge on any atom is 0.510 e. The number of primary amides is 1. The molecule has 5 heterocycles. The summed E-state index contributed by atoms with van der Waals surface area (Å²) in [5.41, 5.74) is 9.25. The number of amides is 3. The van der Waals surface area contributed by atoms with Crippen molar-refractivity contribution >= 4 is 67.8 Å². The lowest BCUT2D eigenvalue weighted by atomic mass is 9.85. The molecule has 0 bridgehead atoms. The number of para-hydroxylation sites is 1. The van der Waals surface area contributed by atoms with Crippen LogP contribution >= 0.6 is 0 Å². The molecule has 24 heteroatoms. The molecule has 23 nitrogen and oxygen atoms in total. The fraction of sp³-hybridized carbons (Fsp3) is 0.453. The van der Waals surface area contributed by atoms with Crippen molar-refractivity contribution in [3.05, 3.63) is 123 Å². The van der Waals surface area contributed by atoms with Gasteiger partial charge in [0.25, 0.3) is 5.56 Å². The Kier molecular flexibility index (Phi) is 23.8. The molecule has 3 amide bonds. The summed E-state index contributed by atoms with van der Waals surface area (Å²) in [6, 6.07) is 15.4. The predicted octanol–water partition coefficient (Wildman–Crippen LogP) is 7.34. The van der Waals surface area contributed by atoms with Crippen LogP contribution in [0.1, 0.15) is 132 Å². The van der Waals surface area contributed by atoms with Crippen molar-refractivity contribution in [2.24, 2.45) is 11.7 Å². The van der Waals surface area contributed by atoms with E-state index in [2.05, 4.69) is 57.8 Å². The van der Waals surface area contributed by atoms with E-state index in [-0.39, 0.29) is 98.0 Å². The number of nitrogens with two attached hydrogens (primary N) is 1. The number of ketones is 3. The lowest BCUT2D eigenvalue weighted by Crippen LogP contribution is -2.47. The molecular formula is C64H76N8O15S. The first-order chi connectivity index (χ1) is 42.1. The summed E-state index contributed by atoms with van der Waals surface area (Å²) in [6.07, 6.45) is 6.20. The summed E-state index contributed by atoms with van der Waals surface area (Å²) in [4.78, 5) is 119. The van der Waals surface area contributed by atoms with Gasteiger partial charge in [-0.25, -0.2) is 37.8 Å². The summed E-state index contributed by atoms with van der Waals surface area (Å²) in [6.45, 7) is 12.4. The monoisotopic (exact) mass is 1230 g/mol. The summed E-state index contributed by atoms with van der Waals surface area (Å²) in [5, 5.41) is 5.98. The number of carbonyl (C=O) groups excluding carboxylic acids is 7. The number of nitrogens with zero attached hydrogens (tertiary/aromatic N) is 5. The van der Waals surface area contributed by atoms with Gasteiger partial charge in [-0.15, -0.1) is 0 Å². The number of cyclic esters (lactones) is 1. The first-order valence-electron chi connectivity index (χ1n) is 29.4. The van der Waals surface area contributed by atoms with Gasteiger partial charge in [-0.2, -0.15) is 0 Å². The Hall–Kier alpha value is -8.66. The molecule has 4 N–H and O–H groups in total. The van der Waals surface area contributed by atoms with Crippen LogP contribution in [0.4, 0.5) is 15.3 Å². The summed E-state index contributed by atoms with van der Waals surface area (Å²) < 4.78 is 52.6. The lowest BCUT2D eigenvalue weighted by Gasteiger charge is -2.35. The minimum absolute atomic E-state index is 0.0749. The number of allylic oxidation sites excluding steroid dienone is 1. The number of urea groups is 1. The van der Waals surface area contributed by atoms with Crippen molar-refractivity contribution in [2.75, 3.05) is 51.1 Å². The second kappa shape index (κ2) is 31.3. The number of unbranched alkanes of at least 4 members (excludes halogenated alkanes) is 1. The van der Waals surface area contributed by atoms with Gasteiger partial charge in [0.1, 0.15) is 32.2 Å². The van der Waals surface area contributed by atoms with Crippen LogP contribution in [0.3, 0.4) is 0 Å². The van der Waals surface area contributed by atoms with Crippen molar-refractivity contribution in [3.63, 3.8) is 0 Å². The highest BCUT2D eigenvalue weighted by atomic mass is 32.2. The van der Waals surface area contributed by atoms with E-state index >= 15 is 0 Å². The quantitative estimate of drug-likeness (QED) is 0.0157. The number of ether oxygens (including phenoxy) is 5. The van der Waals surface area contributed by atoms with Gasteiger partial charge in [0.15, 0.2) is 11.6 Å². The third-order valence-corrected chi connectivity index (χ3v) is 15.9. The van der Waals surface area contributed by atoms with Crippen molar-refractivity contribution in [3.8, 4) is 23.2 Å². The van der Waals surface area contributed by atoms with E-state index in [1.165, 1.54) is 12.4 Å². The van der Waals surface area contributed by atoms with Gasteiger partial charge in [-0.1, -0.05) is 55.7 Å². The van der Waals surface area contributed by atoms with Gasteiger partial charge in [-0.05, 0) is 101 Å². The lowest BCUT2D eigenvalue weighted by molar-refractivity contribution is -0.175. The molecule has 0 fully saturated rings. The number of pyridine rings is 2. The van der Waals surface area contributed by atoms with E-state index in [0.29, 0.717) is 99.3 Å². The molecular weight excluding hydrogens is 1150 g/mol. The predicted molar refractivity (Wildman–Crippen MR) is 325 cm³/mol. The number of carbonyl (C=O) groups is 7. The fourth-order valence-electron chi connectivity index (χ4n) is 10.6. The molecule has 2 atom stereocenters. The summed E-state index contributed by atoms with van der Waals surface area (Å²) in [5.74, 6) is 3.00. The normalized spacial score (nSPS) is 14.3. The SMILES string of the molecule is C=C(C)N(CCc1c2c(nc3ccccc13)-c1cc3c(c(=O)n1C2)COC(=O)[C@@]3(CC)OC(=O)OCc1ccc(NC(=O)[C@H](CCCNC(N)=O)CC(=O)COCC(=O)CCCOCCCC(=O)CCCC#Cc2cnc(S(C)(=O)=O)nc2)cc1)C(C)C. The maximum atomic E-state index is 14.4. The summed E-state index contributed by atoms with van der Waals surface area (Å²) >= 11 is 0. The number of nitrogens with one attached hydrogen (secondary N) is 2. The Bertz CT molecular complexity index is 3650. The zero-order valence-electron chi connectivity index (χ0n) is 50.4.